The summed E-state index contributed by atoms with van der Waals surface area (Å²) in [6, 6.07) is 0. The third kappa shape index (κ3) is 47.6. The van der Waals surface area contributed by atoms with E-state index in [1.54, 1.807) is 0 Å². The lowest BCUT2D eigenvalue weighted by Gasteiger charge is -2.40. The van der Waals surface area contributed by atoms with E-state index >= 15 is 0 Å². The molecule has 0 amide bonds. The summed E-state index contributed by atoms with van der Waals surface area (Å²) in [6.45, 7) is 5.85. The number of carbonyl (C=O) groups excluding carboxylic acids is 3. The van der Waals surface area contributed by atoms with Crippen molar-refractivity contribution in [2.45, 2.75) is 314 Å². The molecule has 0 aromatic rings. The highest BCUT2D eigenvalue weighted by atomic mass is 16.7. The van der Waals surface area contributed by atoms with Crippen molar-refractivity contribution >= 4 is 23.9 Å². The Hall–Kier alpha value is -4.36. The number of esters is 3. The highest BCUT2D eigenvalue weighted by Crippen LogP contribution is 2.27. The Bertz CT molecular complexity index is 1810. The van der Waals surface area contributed by atoms with Gasteiger partial charge >= 0.3 is 23.9 Å². The van der Waals surface area contributed by atoms with Crippen LogP contribution in [0, 0.1) is 0 Å². The fourth-order valence-electron chi connectivity index (χ4n) is 9.54. The monoisotopic (exact) mass is 1160 g/mol. The molecule has 0 bridgehead atoms. The Morgan fingerprint density at radius 2 is 0.759 bits per heavy atom. The maximum Gasteiger partial charge on any atom is 0.335 e. The van der Waals surface area contributed by atoms with Crippen molar-refractivity contribution in [3.8, 4) is 0 Å². The lowest BCUT2D eigenvalue weighted by Crippen LogP contribution is -2.61. The minimum atomic E-state index is -1.92. The number of aliphatic hydroxyl groups is 2. The van der Waals surface area contributed by atoms with E-state index in [2.05, 4.69) is 118 Å². The largest absolute Gasteiger partial charge is 0.479 e. The van der Waals surface area contributed by atoms with E-state index in [9.17, 15) is 34.5 Å². The van der Waals surface area contributed by atoms with Gasteiger partial charge in [0.25, 0.3) is 0 Å². The van der Waals surface area contributed by atoms with Crippen LogP contribution in [-0.2, 0) is 42.9 Å². The Morgan fingerprint density at radius 3 is 1.19 bits per heavy atom. The molecule has 1 aliphatic rings. The zero-order chi connectivity index (χ0) is 60.3. The predicted octanol–water partition coefficient (Wildman–Crippen LogP) is 18.0. The minimum absolute atomic E-state index is 0.0402. The highest BCUT2D eigenvalue weighted by molar-refractivity contribution is 5.74. The molecule has 3 N–H and O–H groups in total. The number of ether oxygens (including phenoxy) is 5. The van der Waals surface area contributed by atoms with Gasteiger partial charge in [0.1, 0.15) is 18.8 Å². The van der Waals surface area contributed by atoms with Gasteiger partial charge in [0.05, 0.1) is 6.61 Å². The van der Waals surface area contributed by atoms with Gasteiger partial charge in [0.15, 0.2) is 24.6 Å². The smallest absolute Gasteiger partial charge is 0.335 e. The summed E-state index contributed by atoms with van der Waals surface area (Å²) in [5.41, 5.74) is 0. The maximum atomic E-state index is 13.2. The van der Waals surface area contributed by atoms with Gasteiger partial charge in [-0.2, -0.15) is 0 Å². The number of aliphatic carboxylic acids is 1. The minimum Gasteiger partial charge on any atom is -0.479 e. The SMILES string of the molecule is CC/C=C\C/C=C\C/C=C\C/C=C\CCCCCCCCC(=O)OCC(COC1OC(C(=O)O)C(O)C(O)C1OC(=O)CCCCCCCC/C=C\C/C=C\C/C=C\CCCCC)OC(=O)CCCCCCC/C=C\CCCCCCCC. The zero-order valence-electron chi connectivity index (χ0n) is 52.4. The van der Waals surface area contributed by atoms with E-state index in [-0.39, 0.29) is 25.9 Å². The van der Waals surface area contributed by atoms with E-state index in [0.717, 1.165) is 154 Å². The van der Waals surface area contributed by atoms with Gasteiger partial charge in [-0.3, -0.25) is 14.4 Å². The Labute approximate surface area is 504 Å². The van der Waals surface area contributed by atoms with Gasteiger partial charge in [-0.05, 0) is 122 Å². The zero-order valence-corrected chi connectivity index (χ0v) is 52.4. The second-order valence-electron chi connectivity index (χ2n) is 22.4. The van der Waals surface area contributed by atoms with Crippen molar-refractivity contribution in [1.82, 2.24) is 0 Å². The first-order valence-electron chi connectivity index (χ1n) is 33.2. The number of carboxylic acids is 1. The molecule has 12 heteroatoms. The first-order valence-corrected chi connectivity index (χ1v) is 33.2. The maximum absolute atomic E-state index is 13.2. The third-order valence-corrected chi connectivity index (χ3v) is 14.6. The molecule has 1 rings (SSSR count). The van der Waals surface area contributed by atoms with Crippen LogP contribution in [0.1, 0.15) is 278 Å². The van der Waals surface area contributed by atoms with Crippen molar-refractivity contribution in [2.24, 2.45) is 0 Å². The number of rotatable bonds is 56. The van der Waals surface area contributed by atoms with Crippen LogP contribution in [-0.4, -0.2) is 89.2 Å². The summed E-state index contributed by atoms with van der Waals surface area (Å²) in [4.78, 5) is 51.4. The first-order chi connectivity index (χ1) is 40.6. The topological polar surface area (TPSA) is 175 Å². The van der Waals surface area contributed by atoms with Crippen molar-refractivity contribution in [3.63, 3.8) is 0 Å². The fourth-order valence-corrected chi connectivity index (χ4v) is 9.54. The molecule has 0 spiro atoms. The predicted molar refractivity (Wildman–Crippen MR) is 340 cm³/mol. The molecule has 1 aliphatic heterocycles. The first kappa shape index (κ1) is 76.7. The van der Waals surface area contributed by atoms with Gasteiger partial charge in [0, 0.05) is 19.3 Å². The number of carbonyl (C=O) groups is 4. The summed E-state index contributed by atoms with van der Waals surface area (Å²) in [5.74, 6) is -3.16. The fraction of sp³-hybridized carbons (Fsp3) is 0.718. The summed E-state index contributed by atoms with van der Waals surface area (Å²) in [5, 5.41) is 31.6. The van der Waals surface area contributed by atoms with Crippen molar-refractivity contribution < 1.29 is 58.2 Å². The molecule has 0 aromatic carbocycles. The van der Waals surface area contributed by atoms with Crippen molar-refractivity contribution in [3.05, 3.63) is 97.2 Å². The summed E-state index contributed by atoms with van der Waals surface area (Å²) in [7, 11) is 0. The Morgan fingerprint density at radius 1 is 0.410 bits per heavy atom. The normalized spacial score (nSPS) is 18.2. The van der Waals surface area contributed by atoms with Crippen LogP contribution in [0.25, 0.3) is 0 Å². The molecule has 474 valence electrons. The van der Waals surface area contributed by atoms with Gasteiger partial charge in [-0.25, -0.2) is 4.79 Å². The van der Waals surface area contributed by atoms with Crippen LogP contribution in [0.4, 0.5) is 0 Å². The van der Waals surface area contributed by atoms with Crippen LogP contribution < -0.4 is 0 Å². The summed E-state index contributed by atoms with van der Waals surface area (Å²) in [6.07, 6.45) is 64.9. The molecule has 1 heterocycles. The van der Waals surface area contributed by atoms with Crippen molar-refractivity contribution in [2.75, 3.05) is 13.2 Å². The number of carboxylic acid groups (broad SMARTS) is 1. The van der Waals surface area contributed by atoms with Crippen LogP contribution in [0.5, 0.6) is 0 Å². The molecule has 6 atom stereocenters. The molecular formula is C71H118O12. The molecule has 0 radical (unpaired) electrons. The number of allylic oxidation sites excluding steroid dienone is 16. The molecule has 1 fully saturated rings. The van der Waals surface area contributed by atoms with E-state index in [0.29, 0.717) is 19.3 Å². The van der Waals surface area contributed by atoms with Crippen LogP contribution in [0.3, 0.4) is 0 Å². The number of hydrogen-bond acceptors (Lipinski definition) is 11. The lowest BCUT2D eigenvalue weighted by molar-refractivity contribution is -0.301. The van der Waals surface area contributed by atoms with Crippen LogP contribution in [0.2, 0.25) is 0 Å². The average molecular weight is 1160 g/mol. The van der Waals surface area contributed by atoms with Gasteiger partial charge in [0.2, 0.25) is 0 Å². The standard InChI is InChI=1S/C71H118O12/c1-4-7-10-13-16-19-22-25-28-30-32-34-37-39-42-45-48-51-54-57-63(72)79-60-62(81-64(73)58-55-52-49-46-43-40-36-27-24-21-18-15-12-9-6-3)61-80-71-69(67(76)66(75)68(83-71)70(77)78)82-65(74)59-56-53-50-47-44-41-38-35-33-31-29-26-23-20-17-14-11-8-5-2/h7,10,16-17,19-20,25-29,32-36,62,66-69,71,75-76H,4-6,8-9,11-15,18,21-24,30-31,37-61H2,1-3H3,(H,77,78)/b10-7-,19-16-,20-17-,28-25-,29-26-,34-32-,35-33-,36-27-. The molecular weight excluding hydrogens is 1040 g/mol. The molecule has 83 heavy (non-hydrogen) atoms. The second kappa shape index (κ2) is 58.0. The van der Waals surface area contributed by atoms with Gasteiger partial charge in [-0.15, -0.1) is 0 Å². The lowest BCUT2D eigenvalue weighted by atomic mass is 9.98. The Kier molecular flexibility index (Phi) is 53.6. The third-order valence-electron chi connectivity index (χ3n) is 14.6. The highest BCUT2D eigenvalue weighted by Gasteiger charge is 2.50. The Balaban J connectivity index is 2.67. The van der Waals surface area contributed by atoms with E-state index < -0.39 is 67.3 Å². The number of aliphatic hydroxyl groups excluding tert-OH is 2. The second-order valence-corrected chi connectivity index (χ2v) is 22.4. The van der Waals surface area contributed by atoms with E-state index in [1.165, 1.54) is 64.2 Å². The molecule has 12 nitrogen and oxygen atoms in total. The number of unbranched alkanes of at least 4 members (excludes halogenated alkanes) is 26. The molecule has 1 saturated heterocycles. The van der Waals surface area contributed by atoms with E-state index in [4.69, 9.17) is 23.7 Å². The molecule has 0 saturated carbocycles. The molecule has 6 unspecified atom stereocenters. The van der Waals surface area contributed by atoms with E-state index in [1.807, 2.05) is 0 Å². The van der Waals surface area contributed by atoms with Gasteiger partial charge in [-0.1, -0.05) is 234 Å². The summed E-state index contributed by atoms with van der Waals surface area (Å²) < 4.78 is 28.5. The van der Waals surface area contributed by atoms with Crippen LogP contribution in [0.15, 0.2) is 97.2 Å². The number of hydrogen-bond donors (Lipinski definition) is 3. The summed E-state index contributed by atoms with van der Waals surface area (Å²) >= 11 is 0. The van der Waals surface area contributed by atoms with Crippen LogP contribution >= 0.6 is 0 Å². The average Bonchev–Trinajstić information content (AvgIpc) is 3.57. The quantitative estimate of drug-likeness (QED) is 0.0228. The van der Waals surface area contributed by atoms with Gasteiger partial charge < -0.3 is 39.0 Å². The molecule has 0 aliphatic carbocycles. The molecule has 0 aromatic heterocycles. The van der Waals surface area contributed by atoms with Crippen molar-refractivity contribution in [1.29, 1.82) is 0 Å².